The lowest BCUT2D eigenvalue weighted by Crippen LogP contribution is -2.50. The number of aryl methyl sites for hydroxylation is 1. The van der Waals surface area contributed by atoms with Crippen LogP contribution in [0.25, 0.3) is 10.9 Å². The van der Waals surface area contributed by atoms with Gasteiger partial charge < -0.3 is 29.3 Å². The summed E-state index contributed by atoms with van der Waals surface area (Å²) >= 11 is 0. The van der Waals surface area contributed by atoms with Crippen molar-refractivity contribution in [3.8, 4) is 5.75 Å². The van der Waals surface area contributed by atoms with Crippen LogP contribution in [0.3, 0.4) is 0 Å². The maximum atomic E-state index is 13.4. The number of nitrogens with one attached hydrogen (secondary N) is 2. The van der Waals surface area contributed by atoms with E-state index >= 15 is 0 Å². The van der Waals surface area contributed by atoms with Crippen molar-refractivity contribution in [3.63, 3.8) is 0 Å². The molecule has 0 atom stereocenters. The first-order chi connectivity index (χ1) is 28.7. The molecule has 0 unspecified atom stereocenters. The number of fused-ring (bicyclic) bond motifs is 1. The minimum atomic E-state index is -0.368. The molecule has 2 aromatic heterocycles. The van der Waals surface area contributed by atoms with Gasteiger partial charge in [-0.25, -0.2) is 4.79 Å². The Morgan fingerprint density at radius 3 is 2.19 bits per heavy atom. The van der Waals surface area contributed by atoms with Crippen molar-refractivity contribution in [3.05, 3.63) is 76.3 Å². The van der Waals surface area contributed by atoms with Gasteiger partial charge in [0.2, 0.25) is 5.91 Å². The largest absolute Gasteiger partial charge is 0.496 e. The molecule has 4 amide bonds. The summed E-state index contributed by atoms with van der Waals surface area (Å²) in [6.45, 7) is 11.5. The Balaban J connectivity index is 0.714. The number of methoxy groups -OCH3 is 1. The van der Waals surface area contributed by atoms with E-state index in [0.717, 1.165) is 87.1 Å². The molecule has 2 aromatic carbocycles. The van der Waals surface area contributed by atoms with Crippen molar-refractivity contribution in [1.82, 2.24) is 29.5 Å². The molecule has 0 spiro atoms. The Morgan fingerprint density at radius 1 is 0.831 bits per heavy atom. The fraction of sp³-hybridized carbons (Fsp3) is 0.533. The number of urea groups is 1. The van der Waals surface area contributed by atoms with Crippen molar-refractivity contribution < 1.29 is 19.1 Å². The van der Waals surface area contributed by atoms with Crippen LogP contribution in [0, 0.1) is 18.8 Å². The summed E-state index contributed by atoms with van der Waals surface area (Å²) in [7, 11) is 1.56. The van der Waals surface area contributed by atoms with Gasteiger partial charge in [-0.05, 0) is 112 Å². The number of amides is 4. The molecule has 4 aromatic rings. The molecule has 0 bridgehead atoms. The summed E-state index contributed by atoms with van der Waals surface area (Å²) in [6.07, 6.45) is 13.1. The molecule has 3 saturated heterocycles. The smallest absolute Gasteiger partial charge is 0.328 e. The first-order valence-corrected chi connectivity index (χ1v) is 21.7. The van der Waals surface area contributed by atoms with Crippen LogP contribution in [0.4, 0.5) is 21.9 Å². The number of anilines is 3. The van der Waals surface area contributed by atoms with E-state index in [1.165, 1.54) is 44.5 Å². The second kappa shape index (κ2) is 16.8. The van der Waals surface area contributed by atoms with Crippen molar-refractivity contribution in [2.45, 2.75) is 76.8 Å². The number of benzene rings is 2. The van der Waals surface area contributed by atoms with Crippen molar-refractivity contribution in [2.75, 3.05) is 81.1 Å². The molecule has 5 aliphatic rings. The number of pyridine rings is 1. The minimum absolute atomic E-state index is 0.178. The number of hydrogen-bond donors (Lipinski definition) is 2. The molecule has 9 rings (SSSR count). The normalized spacial score (nSPS) is 22.5. The van der Waals surface area contributed by atoms with Crippen LogP contribution >= 0.6 is 0 Å². The van der Waals surface area contributed by atoms with Gasteiger partial charge in [0.25, 0.3) is 11.5 Å². The number of carbonyl (C=O) groups is 3. The Labute approximate surface area is 345 Å². The third-order valence-corrected chi connectivity index (χ3v) is 13.4. The van der Waals surface area contributed by atoms with Gasteiger partial charge >= 0.3 is 6.03 Å². The van der Waals surface area contributed by atoms with E-state index in [1.807, 2.05) is 25.1 Å². The molecule has 2 saturated carbocycles. The summed E-state index contributed by atoms with van der Waals surface area (Å²) in [4.78, 5) is 59.9. The lowest BCUT2D eigenvalue weighted by Gasteiger charge is -2.41. The maximum Gasteiger partial charge on any atom is 0.328 e. The third kappa shape index (κ3) is 8.61. The zero-order valence-corrected chi connectivity index (χ0v) is 34.4. The van der Waals surface area contributed by atoms with E-state index in [1.54, 1.807) is 34.9 Å². The summed E-state index contributed by atoms with van der Waals surface area (Å²) in [5.41, 5.74) is 4.42. The Hall–Kier alpha value is -5.21. The molecular weight excluding hydrogens is 747 g/mol. The number of rotatable bonds is 11. The number of piperazine rings is 1. The zero-order valence-electron chi connectivity index (χ0n) is 34.4. The van der Waals surface area contributed by atoms with Crippen LogP contribution in [0.5, 0.6) is 5.75 Å². The van der Waals surface area contributed by atoms with Gasteiger partial charge in [-0.15, -0.1) is 0 Å². The topological polar surface area (TPSA) is 137 Å². The number of hydrogen-bond acceptors (Lipinski definition) is 9. The number of ether oxygens (including phenoxy) is 1. The first-order valence-electron chi connectivity index (χ1n) is 21.7. The number of carbonyl (C=O) groups excluding carboxylic acids is 3. The van der Waals surface area contributed by atoms with Gasteiger partial charge in [0.1, 0.15) is 11.4 Å². The molecule has 2 aliphatic carbocycles. The highest BCUT2D eigenvalue weighted by Crippen LogP contribution is 2.36. The van der Waals surface area contributed by atoms with E-state index in [9.17, 15) is 19.2 Å². The van der Waals surface area contributed by atoms with Gasteiger partial charge in [-0.3, -0.25) is 29.3 Å². The van der Waals surface area contributed by atoms with Crippen LogP contribution in [-0.4, -0.2) is 108 Å². The Kier molecular flexibility index (Phi) is 11.2. The van der Waals surface area contributed by atoms with E-state index < -0.39 is 0 Å². The van der Waals surface area contributed by atoms with E-state index in [0.29, 0.717) is 42.2 Å². The molecule has 59 heavy (non-hydrogen) atoms. The van der Waals surface area contributed by atoms with Crippen molar-refractivity contribution in [1.29, 1.82) is 0 Å². The van der Waals surface area contributed by atoms with Crippen molar-refractivity contribution >= 4 is 45.8 Å². The zero-order chi connectivity index (χ0) is 40.6. The van der Waals surface area contributed by atoms with Gasteiger partial charge in [-0.1, -0.05) is 0 Å². The van der Waals surface area contributed by atoms with Crippen LogP contribution < -0.4 is 30.7 Å². The molecule has 3 aliphatic heterocycles. The fourth-order valence-corrected chi connectivity index (χ4v) is 9.82. The summed E-state index contributed by atoms with van der Waals surface area (Å²) < 4.78 is 9.43. The highest BCUT2D eigenvalue weighted by molar-refractivity contribution is 6.08. The number of piperidine rings is 1. The molecular formula is C45H57N9O5. The predicted molar refractivity (Wildman–Crippen MR) is 229 cm³/mol. The number of imide groups is 1. The van der Waals surface area contributed by atoms with Gasteiger partial charge in [0.15, 0.2) is 0 Å². The summed E-state index contributed by atoms with van der Waals surface area (Å²) in [5, 5.41) is 11.1. The first kappa shape index (κ1) is 39.3. The van der Waals surface area contributed by atoms with Crippen LogP contribution in [0.1, 0.15) is 85.8 Å². The average molecular weight is 804 g/mol. The van der Waals surface area contributed by atoms with Gasteiger partial charge in [-0.2, -0.15) is 5.10 Å². The molecule has 2 N–H and O–H groups in total. The standard InChI is InChI=1S/C45H57N9O5/c1-30-24-36(11-12-40(30)53-19-15-42(55)47-45(53)58)51-17-13-32(14-18-51)28-50-22-20-49(21-23-50)27-31-5-7-35(8-6-31)54-29-33-25-37(41(59-2)26-39(33)48-54)43(56)46-38-4-3-16-52(44(38)57)34-9-10-34/h3-4,11-12,16,24-26,29,31-32,34-35H,5-10,13-15,17-23,27-28H2,1-2H3,(H,46,56)(H,47,55,58). The van der Waals surface area contributed by atoms with E-state index in [4.69, 9.17) is 9.84 Å². The van der Waals surface area contributed by atoms with E-state index in [-0.39, 0.29) is 35.1 Å². The van der Waals surface area contributed by atoms with Crippen LogP contribution in [0.15, 0.2) is 59.7 Å². The average Bonchev–Trinajstić information content (AvgIpc) is 4.00. The monoisotopic (exact) mass is 803 g/mol. The molecule has 14 nitrogen and oxygen atoms in total. The Bertz CT molecular complexity index is 2260. The SMILES string of the molecule is COc1cc2nn(C3CCC(CN4CCN(CC5CCN(c6ccc(N7CCC(=O)NC7=O)c(C)c6)CC5)CC4)CC3)cc2cc1C(=O)Nc1cccn(C2CC2)c1=O. The number of aromatic nitrogens is 3. The third-order valence-electron chi connectivity index (χ3n) is 13.4. The lowest BCUT2D eigenvalue weighted by molar-refractivity contribution is -0.120. The van der Waals surface area contributed by atoms with E-state index in [2.05, 4.69) is 48.3 Å². The van der Waals surface area contributed by atoms with Crippen LogP contribution in [-0.2, 0) is 4.79 Å². The quantitative estimate of drug-likeness (QED) is 0.193. The molecule has 0 radical (unpaired) electrons. The highest BCUT2D eigenvalue weighted by Gasteiger charge is 2.30. The highest BCUT2D eigenvalue weighted by atomic mass is 16.5. The van der Waals surface area contributed by atoms with Crippen LogP contribution in [0.2, 0.25) is 0 Å². The Morgan fingerprint density at radius 2 is 1.53 bits per heavy atom. The second-order valence-electron chi connectivity index (χ2n) is 17.5. The summed E-state index contributed by atoms with van der Waals surface area (Å²) in [6, 6.07) is 13.7. The van der Waals surface area contributed by atoms with Crippen molar-refractivity contribution in [2.24, 2.45) is 11.8 Å². The second-order valence-corrected chi connectivity index (χ2v) is 17.5. The minimum Gasteiger partial charge on any atom is -0.496 e. The molecule has 5 fully saturated rings. The predicted octanol–water partition coefficient (Wildman–Crippen LogP) is 5.81. The molecule has 5 heterocycles. The maximum absolute atomic E-state index is 13.4. The van der Waals surface area contributed by atoms with Gasteiger partial charge in [0, 0.05) is 107 Å². The summed E-state index contributed by atoms with van der Waals surface area (Å²) in [5.74, 6) is 1.27. The number of nitrogens with zero attached hydrogens (tertiary/aromatic N) is 7. The molecule has 312 valence electrons. The fourth-order valence-electron chi connectivity index (χ4n) is 9.82. The van der Waals surface area contributed by atoms with Gasteiger partial charge in [0.05, 0.1) is 24.2 Å². The molecule has 14 heteroatoms. The lowest BCUT2D eigenvalue weighted by atomic mass is 9.85.